The SMILES string of the molecule is CC1CC(=O)CC1C(=O)NC(=O)[C@@H]1CCCN1C(=O)[C@@H](N)CO. The van der Waals surface area contributed by atoms with E-state index in [-0.39, 0.29) is 18.1 Å². The first-order valence-corrected chi connectivity index (χ1v) is 7.88. The van der Waals surface area contributed by atoms with Crippen LogP contribution in [0.25, 0.3) is 0 Å². The van der Waals surface area contributed by atoms with Gasteiger partial charge in [-0.05, 0) is 18.8 Å². The summed E-state index contributed by atoms with van der Waals surface area (Å²) in [6.45, 7) is 1.69. The molecule has 0 aromatic carbocycles. The lowest BCUT2D eigenvalue weighted by atomic mass is 9.97. The predicted octanol–water partition coefficient (Wildman–Crippen LogP) is -1.44. The number of rotatable bonds is 4. The third kappa shape index (κ3) is 3.76. The van der Waals surface area contributed by atoms with Gasteiger partial charge >= 0.3 is 0 Å². The average Bonchev–Trinajstić information content (AvgIpc) is 3.11. The summed E-state index contributed by atoms with van der Waals surface area (Å²) in [7, 11) is 0. The van der Waals surface area contributed by atoms with E-state index in [0.29, 0.717) is 25.8 Å². The van der Waals surface area contributed by atoms with Crippen molar-refractivity contribution in [3.63, 3.8) is 0 Å². The quantitative estimate of drug-likeness (QED) is 0.543. The number of imide groups is 1. The highest BCUT2D eigenvalue weighted by molar-refractivity contribution is 6.02. The first kappa shape index (κ1) is 17.6. The number of amides is 3. The smallest absolute Gasteiger partial charge is 0.249 e. The summed E-state index contributed by atoms with van der Waals surface area (Å²) < 4.78 is 0. The minimum absolute atomic E-state index is 0.0247. The monoisotopic (exact) mass is 325 g/mol. The second kappa shape index (κ2) is 7.18. The van der Waals surface area contributed by atoms with Crippen LogP contribution in [0.4, 0.5) is 0 Å². The number of Topliss-reactive ketones (excluding diaryl/α,β-unsaturated/α-hetero) is 1. The largest absolute Gasteiger partial charge is 0.394 e. The molecule has 4 atom stereocenters. The van der Waals surface area contributed by atoms with Gasteiger partial charge in [-0.25, -0.2) is 0 Å². The highest BCUT2D eigenvalue weighted by Crippen LogP contribution is 2.29. The van der Waals surface area contributed by atoms with Crippen LogP contribution in [-0.2, 0) is 19.2 Å². The molecule has 8 heteroatoms. The molecule has 1 heterocycles. The summed E-state index contributed by atoms with van der Waals surface area (Å²) >= 11 is 0. The molecule has 23 heavy (non-hydrogen) atoms. The molecule has 2 fully saturated rings. The molecule has 0 aromatic rings. The summed E-state index contributed by atoms with van der Waals surface area (Å²) in [6, 6.07) is -1.82. The Kier molecular flexibility index (Phi) is 5.48. The second-order valence-electron chi connectivity index (χ2n) is 6.36. The number of nitrogens with one attached hydrogen (secondary N) is 1. The Hall–Kier alpha value is -1.80. The Morgan fingerprint density at radius 1 is 1.35 bits per heavy atom. The summed E-state index contributed by atoms with van der Waals surface area (Å²) in [5.41, 5.74) is 5.52. The molecule has 0 radical (unpaired) electrons. The standard InChI is InChI=1S/C15H23N3O5/c1-8-5-9(20)6-10(8)13(21)17-14(22)12-3-2-4-18(12)15(23)11(16)7-19/h8,10-12,19H,2-7,16H2,1H3,(H,17,21,22)/t8?,10?,11-,12-/m0/s1. The van der Waals surface area contributed by atoms with Gasteiger partial charge in [-0.15, -0.1) is 0 Å². The minimum Gasteiger partial charge on any atom is -0.394 e. The van der Waals surface area contributed by atoms with E-state index < -0.39 is 42.3 Å². The molecule has 0 aromatic heterocycles. The normalized spacial score (nSPS) is 28.7. The third-order valence-corrected chi connectivity index (χ3v) is 4.62. The van der Waals surface area contributed by atoms with E-state index in [9.17, 15) is 19.2 Å². The Labute approximate surface area is 134 Å². The number of hydrogen-bond donors (Lipinski definition) is 3. The van der Waals surface area contributed by atoms with Gasteiger partial charge in [-0.1, -0.05) is 6.92 Å². The Bertz CT molecular complexity index is 521. The van der Waals surface area contributed by atoms with Crippen LogP contribution in [0.2, 0.25) is 0 Å². The summed E-state index contributed by atoms with van der Waals surface area (Å²) in [4.78, 5) is 49.3. The maximum Gasteiger partial charge on any atom is 0.249 e. The van der Waals surface area contributed by atoms with Crippen LogP contribution < -0.4 is 11.1 Å². The van der Waals surface area contributed by atoms with Crippen molar-refractivity contribution >= 4 is 23.5 Å². The van der Waals surface area contributed by atoms with E-state index in [1.807, 2.05) is 6.92 Å². The van der Waals surface area contributed by atoms with E-state index in [2.05, 4.69) is 5.32 Å². The fraction of sp³-hybridized carbons (Fsp3) is 0.733. The molecule has 1 aliphatic carbocycles. The van der Waals surface area contributed by atoms with Crippen LogP contribution in [0, 0.1) is 11.8 Å². The highest BCUT2D eigenvalue weighted by atomic mass is 16.3. The second-order valence-corrected chi connectivity index (χ2v) is 6.36. The molecule has 0 spiro atoms. The number of carbonyl (C=O) groups excluding carboxylic acids is 4. The molecule has 3 amide bonds. The molecule has 1 aliphatic heterocycles. The lowest BCUT2D eigenvalue weighted by Gasteiger charge is -2.26. The van der Waals surface area contributed by atoms with Gasteiger partial charge in [-0.3, -0.25) is 24.5 Å². The van der Waals surface area contributed by atoms with Crippen molar-refractivity contribution in [2.24, 2.45) is 17.6 Å². The van der Waals surface area contributed by atoms with Gasteiger partial charge in [0.05, 0.1) is 6.61 Å². The number of ketones is 1. The first-order valence-electron chi connectivity index (χ1n) is 7.88. The van der Waals surface area contributed by atoms with E-state index >= 15 is 0 Å². The number of aliphatic hydroxyl groups is 1. The lowest BCUT2D eigenvalue weighted by molar-refractivity contribution is -0.143. The fourth-order valence-corrected chi connectivity index (χ4v) is 3.27. The molecule has 4 N–H and O–H groups in total. The Morgan fingerprint density at radius 2 is 2.04 bits per heavy atom. The number of nitrogens with two attached hydrogens (primary N) is 1. The van der Waals surface area contributed by atoms with Crippen LogP contribution in [-0.4, -0.2) is 58.7 Å². The molecule has 2 unspecified atom stereocenters. The van der Waals surface area contributed by atoms with Gasteiger partial charge < -0.3 is 15.7 Å². The molecule has 0 bridgehead atoms. The van der Waals surface area contributed by atoms with Gasteiger partial charge in [0.15, 0.2) is 0 Å². The first-order chi connectivity index (χ1) is 10.8. The number of carbonyl (C=O) groups is 4. The molecule has 1 saturated carbocycles. The van der Waals surface area contributed by atoms with Gasteiger partial charge in [0, 0.05) is 25.3 Å². The predicted molar refractivity (Wildman–Crippen MR) is 79.8 cm³/mol. The molecule has 128 valence electrons. The van der Waals surface area contributed by atoms with Crippen LogP contribution in [0.15, 0.2) is 0 Å². The molecule has 1 saturated heterocycles. The van der Waals surface area contributed by atoms with Crippen LogP contribution >= 0.6 is 0 Å². The van der Waals surface area contributed by atoms with Gasteiger partial charge in [0.1, 0.15) is 17.9 Å². The lowest BCUT2D eigenvalue weighted by Crippen LogP contribution is -2.53. The number of aliphatic hydroxyl groups excluding tert-OH is 1. The maximum atomic E-state index is 12.3. The van der Waals surface area contributed by atoms with Crippen molar-refractivity contribution < 1.29 is 24.3 Å². The fourth-order valence-electron chi connectivity index (χ4n) is 3.27. The van der Waals surface area contributed by atoms with Crippen molar-refractivity contribution in [2.75, 3.05) is 13.2 Å². The molecular weight excluding hydrogens is 302 g/mol. The van der Waals surface area contributed by atoms with Crippen molar-refractivity contribution in [1.82, 2.24) is 10.2 Å². The zero-order valence-corrected chi connectivity index (χ0v) is 13.2. The third-order valence-electron chi connectivity index (χ3n) is 4.62. The topological polar surface area (TPSA) is 130 Å². The Balaban J connectivity index is 1.98. The van der Waals surface area contributed by atoms with Gasteiger partial charge in [0.25, 0.3) is 0 Å². The number of hydrogen-bond acceptors (Lipinski definition) is 6. The van der Waals surface area contributed by atoms with Gasteiger partial charge in [-0.2, -0.15) is 0 Å². The van der Waals surface area contributed by atoms with Crippen LogP contribution in [0.5, 0.6) is 0 Å². The average molecular weight is 325 g/mol. The highest BCUT2D eigenvalue weighted by Gasteiger charge is 2.39. The maximum absolute atomic E-state index is 12.3. The molecule has 8 nitrogen and oxygen atoms in total. The van der Waals surface area contributed by atoms with E-state index in [0.717, 1.165) is 0 Å². The van der Waals surface area contributed by atoms with E-state index in [1.54, 1.807) is 0 Å². The van der Waals surface area contributed by atoms with E-state index in [4.69, 9.17) is 10.8 Å². The van der Waals surface area contributed by atoms with Crippen LogP contribution in [0.3, 0.4) is 0 Å². The number of likely N-dealkylation sites (tertiary alicyclic amines) is 1. The molecular formula is C15H23N3O5. The van der Waals surface area contributed by atoms with Crippen molar-refractivity contribution in [2.45, 2.75) is 44.7 Å². The minimum atomic E-state index is -1.06. The van der Waals surface area contributed by atoms with Gasteiger partial charge in [0.2, 0.25) is 17.7 Å². The zero-order chi connectivity index (χ0) is 17.1. The van der Waals surface area contributed by atoms with Crippen molar-refractivity contribution in [1.29, 1.82) is 0 Å². The summed E-state index contributed by atoms with van der Waals surface area (Å²) in [6.07, 6.45) is 1.59. The number of nitrogens with zero attached hydrogens (tertiary/aromatic N) is 1. The molecule has 2 rings (SSSR count). The zero-order valence-electron chi connectivity index (χ0n) is 13.2. The molecule has 2 aliphatic rings. The summed E-state index contributed by atoms with van der Waals surface area (Å²) in [5.74, 6) is -2.05. The summed E-state index contributed by atoms with van der Waals surface area (Å²) in [5, 5.41) is 11.3. The Morgan fingerprint density at radius 3 is 2.61 bits per heavy atom. The van der Waals surface area contributed by atoms with Crippen molar-refractivity contribution in [3.8, 4) is 0 Å². The van der Waals surface area contributed by atoms with Crippen molar-refractivity contribution in [3.05, 3.63) is 0 Å². The van der Waals surface area contributed by atoms with E-state index in [1.165, 1.54) is 4.90 Å². The van der Waals surface area contributed by atoms with Crippen LogP contribution in [0.1, 0.15) is 32.6 Å².